The third kappa shape index (κ3) is 1.03. The minimum absolute atomic E-state index is 0.761. The number of pyridine rings is 1. The van der Waals surface area contributed by atoms with Gasteiger partial charge in [0, 0.05) is 0 Å². The van der Waals surface area contributed by atoms with Crippen molar-refractivity contribution in [1.82, 2.24) is 15.0 Å². The molecule has 0 radical (unpaired) electrons. The van der Waals surface area contributed by atoms with Crippen molar-refractivity contribution in [3.8, 4) is 0 Å². The van der Waals surface area contributed by atoms with Crippen LogP contribution >= 0.6 is 15.9 Å². The van der Waals surface area contributed by atoms with Gasteiger partial charge in [-0.05, 0) is 34.5 Å². The molecule has 0 saturated carbocycles. The lowest BCUT2D eigenvalue weighted by Gasteiger charge is -1.94. The molecular formula is C7H6BrN3. The summed E-state index contributed by atoms with van der Waals surface area (Å²) in [4.78, 5) is 11.2. The van der Waals surface area contributed by atoms with Crippen molar-refractivity contribution in [2.45, 2.75) is 6.92 Å². The number of nitrogens with zero attached hydrogens (tertiary/aromatic N) is 2. The lowest BCUT2D eigenvalue weighted by Crippen LogP contribution is -1.82. The van der Waals surface area contributed by atoms with E-state index < -0.39 is 0 Å². The first kappa shape index (κ1) is 6.79. The number of rotatable bonds is 0. The summed E-state index contributed by atoms with van der Waals surface area (Å²) in [6.45, 7) is 2.02. The van der Waals surface area contributed by atoms with Crippen molar-refractivity contribution in [3.05, 3.63) is 22.6 Å². The number of fused-ring (bicyclic) bond motifs is 1. The lowest BCUT2D eigenvalue weighted by molar-refractivity contribution is 1.27. The average molecular weight is 212 g/mol. The first-order valence-corrected chi connectivity index (χ1v) is 4.03. The predicted molar refractivity (Wildman–Crippen MR) is 46.3 cm³/mol. The highest BCUT2D eigenvalue weighted by molar-refractivity contribution is 9.10. The maximum absolute atomic E-state index is 4.17. The number of aromatic nitrogens is 3. The van der Waals surface area contributed by atoms with Crippen LogP contribution in [0.15, 0.2) is 17.0 Å². The van der Waals surface area contributed by atoms with Gasteiger partial charge in [0.25, 0.3) is 0 Å². The molecule has 4 heteroatoms. The number of hydrogen-bond acceptors (Lipinski definition) is 2. The average Bonchev–Trinajstić information content (AvgIpc) is 2.34. The molecule has 0 aliphatic carbocycles. The van der Waals surface area contributed by atoms with E-state index in [1.54, 1.807) is 6.33 Å². The summed E-state index contributed by atoms with van der Waals surface area (Å²) in [6.07, 6.45) is 1.65. The van der Waals surface area contributed by atoms with Crippen LogP contribution in [0, 0.1) is 6.92 Å². The Balaban J connectivity index is 2.91. The molecule has 56 valence electrons. The molecule has 2 heterocycles. The summed E-state index contributed by atoms with van der Waals surface area (Å²) in [5.74, 6) is 0. The van der Waals surface area contributed by atoms with Crippen LogP contribution in [0.1, 0.15) is 5.56 Å². The fourth-order valence-electron chi connectivity index (χ4n) is 1.05. The van der Waals surface area contributed by atoms with Gasteiger partial charge in [0.15, 0.2) is 5.65 Å². The van der Waals surface area contributed by atoms with Crippen molar-refractivity contribution in [3.63, 3.8) is 0 Å². The smallest absolute Gasteiger partial charge is 0.178 e. The second-order valence-corrected chi connectivity index (χ2v) is 3.18. The van der Waals surface area contributed by atoms with Crippen molar-refractivity contribution < 1.29 is 0 Å². The van der Waals surface area contributed by atoms with E-state index in [-0.39, 0.29) is 0 Å². The van der Waals surface area contributed by atoms with Crippen molar-refractivity contribution in [1.29, 1.82) is 0 Å². The monoisotopic (exact) mass is 211 g/mol. The molecular weight excluding hydrogens is 206 g/mol. The van der Waals surface area contributed by atoms with Crippen LogP contribution in [0.3, 0.4) is 0 Å². The molecule has 2 aromatic rings. The van der Waals surface area contributed by atoms with Gasteiger partial charge in [-0.15, -0.1) is 0 Å². The second-order valence-electron chi connectivity index (χ2n) is 2.36. The molecule has 0 atom stereocenters. The Bertz CT molecular complexity index is 393. The van der Waals surface area contributed by atoms with Crippen LogP contribution < -0.4 is 0 Å². The third-order valence-corrected chi connectivity index (χ3v) is 1.97. The number of nitrogens with one attached hydrogen (secondary N) is 1. The summed E-state index contributed by atoms with van der Waals surface area (Å²) in [5, 5.41) is 0. The number of hydrogen-bond donors (Lipinski definition) is 1. The molecule has 0 saturated heterocycles. The van der Waals surface area contributed by atoms with Gasteiger partial charge in [-0.2, -0.15) is 0 Å². The summed E-state index contributed by atoms with van der Waals surface area (Å²) < 4.78 is 0.828. The highest BCUT2D eigenvalue weighted by Crippen LogP contribution is 2.16. The molecule has 2 aromatic heterocycles. The summed E-state index contributed by atoms with van der Waals surface area (Å²) >= 11 is 3.30. The van der Waals surface area contributed by atoms with Crippen LogP contribution in [-0.4, -0.2) is 15.0 Å². The number of aryl methyl sites for hydroxylation is 1. The van der Waals surface area contributed by atoms with E-state index in [1.807, 2.05) is 13.0 Å². The third-order valence-electron chi connectivity index (χ3n) is 1.56. The molecule has 0 bridgehead atoms. The van der Waals surface area contributed by atoms with Gasteiger partial charge in [-0.1, -0.05) is 0 Å². The van der Waals surface area contributed by atoms with Crippen LogP contribution in [0.2, 0.25) is 0 Å². The van der Waals surface area contributed by atoms with Crippen molar-refractivity contribution in [2.24, 2.45) is 0 Å². The summed E-state index contributed by atoms with van der Waals surface area (Å²) in [6, 6.07) is 1.96. The quantitative estimate of drug-likeness (QED) is 0.678. The van der Waals surface area contributed by atoms with Crippen LogP contribution in [0.5, 0.6) is 0 Å². The summed E-state index contributed by atoms with van der Waals surface area (Å²) in [7, 11) is 0. The fraction of sp³-hybridized carbons (Fsp3) is 0.143. The van der Waals surface area contributed by atoms with Crippen molar-refractivity contribution in [2.75, 3.05) is 0 Å². The molecule has 0 amide bonds. The SMILES string of the molecule is Cc1cc(Br)nc2nc[nH]c12. The molecule has 11 heavy (non-hydrogen) atoms. The Morgan fingerprint density at radius 1 is 1.55 bits per heavy atom. The number of aromatic amines is 1. The van der Waals surface area contributed by atoms with Crippen LogP contribution in [-0.2, 0) is 0 Å². The Labute approximate surface area is 72.0 Å². The lowest BCUT2D eigenvalue weighted by atomic mass is 10.3. The minimum atomic E-state index is 0.761. The second kappa shape index (κ2) is 2.30. The molecule has 2 rings (SSSR count). The van der Waals surface area contributed by atoms with Gasteiger partial charge < -0.3 is 4.98 Å². The number of halogens is 1. The molecule has 0 aliphatic rings. The van der Waals surface area contributed by atoms with Gasteiger partial charge in [0.2, 0.25) is 0 Å². The Kier molecular flexibility index (Phi) is 1.42. The van der Waals surface area contributed by atoms with E-state index in [4.69, 9.17) is 0 Å². The maximum Gasteiger partial charge on any atom is 0.178 e. The molecule has 0 aliphatic heterocycles. The normalized spacial score (nSPS) is 10.7. The Morgan fingerprint density at radius 3 is 3.18 bits per heavy atom. The van der Waals surface area contributed by atoms with Crippen LogP contribution in [0.25, 0.3) is 11.2 Å². The fourth-order valence-corrected chi connectivity index (χ4v) is 1.56. The summed E-state index contributed by atoms with van der Waals surface area (Å²) in [5.41, 5.74) is 2.92. The van der Waals surface area contributed by atoms with Gasteiger partial charge in [-0.3, -0.25) is 0 Å². The molecule has 3 nitrogen and oxygen atoms in total. The van der Waals surface area contributed by atoms with Crippen molar-refractivity contribution >= 4 is 27.1 Å². The maximum atomic E-state index is 4.17. The standard InChI is InChI=1S/C7H6BrN3/c1-4-2-5(8)11-7-6(4)9-3-10-7/h2-3H,1H3,(H,9,10,11). The van der Waals surface area contributed by atoms with E-state index in [2.05, 4.69) is 30.9 Å². The van der Waals surface area contributed by atoms with E-state index in [0.717, 1.165) is 21.3 Å². The Hall–Kier alpha value is -0.900. The largest absolute Gasteiger partial charge is 0.343 e. The number of H-pyrrole nitrogens is 1. The van der Waals surface area contributed by atoms with E-state index >= 15 is 0 Å². The zero-order chi connectivity index (χ0) is 7.84. The predicted octanol–water partition coefficient (Wildman–Crippen LogP) is 2.03. The first-order valence-electron chi connectivity index (χ1n) is 3.23. The molecule has 0 fully saturated rings. The van der Waals surface area contributed by atoms with Crippen LogP contribution in [0.4, 0.5) is 0 Å². The topological polar surface area (TPSA) is 41.6 Å². The Morgan fingerprint density at radius 2 is 2.36 bits per heavy atom. The number of imidazole rings is 1. The molecule has 0 aromatic carbocycles. The zero-order valence-electron chi connectivity index (χ0n) is 5.93. The molecule has 0 unspecified atom stereocenters. The highest BCUT2D eigenvalue weighted by atomic mass is 79.9. The molecule has 1 N–H and O–H groups in total. The van der Waals surface area contributed by atoms with Gasteiger partial charge in [-0.25, -0.2) is 9.97 Å². The van der Waals surface area contributed by atoms with E-state index in [1.165, 1.54) is 0 Å². The van der Waals surface area contributed by atoms with E-state index in [0.29, 0.717) is 0 Å². The van der Waals surface area contributed by atoms with Gasteiger partial charge in [0.1, 0.15) is 4.60 Å². The zero-order valence-corrected chi connectivity index (χ0v) is 7.51. The molecule has 0 spiro atoms. The highest BCUT2D eigenvalue weighted by Gasteiger charge is 2.01. The minimum Gasteiger partial charge on any atom is -0.343 e. The van der Waals surface area contributed by atoms with E-state index in [9.17, 15) is 0 Å². The first-order chi connectivity index (χ1) is 5.27. The van der Waals surface area contributed by atoms with Gasteiger partial charge in [0.05, 0.1) is 11.8 Å². The van der Waals surface area contributed by atoms with Gasteiger partial charge >= 0.3 is 0 Å².